The van der Waals surface area contributed by atoms with Crippen LogP contribution in [0.5, 0.6) is 5.75 Å². The minimum atomic E-state index is -0.174. The number of hydrogen-bond donors (Lipinski definition) is 2. The van der Waals surface area contributed by atoms with Gasteiger partial charge in [0.25, 0.3) is 5.91 Å². The fourth-order valence-corrected chi connectivity index (χ4v) is 2.66. The molecule has 3 rings (SSSR count). The first kappa shape index (κ1) is 13.2. The van der Waals surface area contributed by atoms with Crippen LogP contribution < -0.4 is 10.1 Å². The molecule has 0 radical (unpaired) electrons. The zero-order valence-corrected chi connectivity index (χ0v) is 12.5. The summed E-state index contributed by atoms with van der Waals surface area (Å²) in [6.07, 6.45) is 0.749. The number of ether oxygens (including phenoxy) is 1. The molecular weight excluding hydrogens is 322 g/mol. The predicted octanol–water partition coefficient (Wildman–Crippen LogP) is 2.73. The molecule has 1 amide bonds. The second kappa shape index (κ2) is 5.28. The highest BCUT2D eigenvalue weighted by Gasteiger charge is 2.24. The molecule has 0 spiro atoms. The number of rotatable bonds is 2. The Balaban J connectivity index is 1.82. The van der Waals surface area contributed by atoms with Gasteiger partial charge in [0.15, 0.2) is 0 Å². The first-order chi connectivity index (χ1) is 9.63. The van der Waals surface area contributed by atoms with Gasteiger partial charge in [0.2, 0.25) is 0 Å². The first-order valence-corrected chi connectivity index (χ1v) is 7.18. The Bertz CT molecular complexity index is 654. The minimum Gasteiger partial charge on any atom is -0.493 e. The molecule has 0 saturated carbocycles. The van der Waals surface area contributed by atoms with Crippen molar-refractivity contribution in [2.45, 2.75) is 19.4 Å². The SMILES string of the molecule is Cc1cc(C(=O)N[C@@H]2CCOc3ccc(Br)cc32)n[nH]1. The standard InChI is InChI=1S/C14H14BrN3O2/c1-8-6-12(18-17-8)14(19)16-11-4-5-20-13-3-2-9(15)7-10(11)13/h2-3,6-7,11H,4-5H2,1H3,(H,16,19)(H,17,18)/t11-/m1/s1. The van der Waals surface area contributed by atoms with E-state index in [1.807, 2.05) is 25.1 Å². The van der Waals surface area contributed by atoms with Crippen LogP contribution in [-0.4, -0.2) is 22.7 Å². The number of hydrogen-bond acceptors (Lipinski definition) is 3. The number of halogens is 1. The predicted molar refractivity (Wildman–Crippen MR) is 77.8 cm³/mol. The van der Waals surface area contributed by atoms with Gasteiger partial charge in [0, 0.05) is 22.2 Å². The quantitative estimate of drug-likeness (QED) is 0.886. The molecule has 104 valence electrons. The maximum absolute atomic E-state index is 12.2. The number of carbonyl (C=O) groups is 1. The molecule has 6 heteroatoms. The van der Waals surface area contributed by atoms with Crippen molar-refractivity contribution in [1.82, 2.24) is 15.5 Å². The topological polar surface area (TPSA) is 67.0 Å². The molecule has 5 nitrogen and oxygen atoms in total. The summed E-state index contributed by atoms with van der Waals surface area (Å²) in [5.41, 5.74) is 2.27. The van der Waals surface area contributed by atoms with Crippen molar-refractivity contribution < 1.29 is 9.53 Å². The largest absolute Gasteiger partial charge is 0.493 e. The van der Waals surface area contributed by atoms with Gasteiger partial charge in [-0.3, -0.25) is 9.89 Å². The van der Waals surface area contributed by atoms with Crippen LogP contribution in [0.2, 0.25) is 0 Å². The van der Waals surface area contributed by atoms with Crippen molar-refractivity contribution in [1.29, 1.82) is 0 Å². The molecule has 20 heavy (non-hydrogen) atoms. The second-order valence-corrected chi connectivity index (χ2v) is 5.70. The molecule has 2 aromatic rings. The van der Waals surface area contributed by atoms with E-state index in [1.54, 1.807) is 6.07 Å². The monoisotopic (exact) mass is 335 g/mol. The van der Waals surface area contributed by atoms with E-state index in [0.29, 0.717) is 12.3 Å². The Morgan fingerprint density at radius 2 is 2.35 bits per heavy atom. The number of benzene rings is 1. The number of aryl methyl sites for hydroxylation is 1. The van der Waals surface area contributed by atoms with Crippen LogP contribution in [0.15, 0.2) is 28.7 Å². The minimum absolute atomic E-state index is 0.0549. The van der Waals surface area contributed by atoms with Crippen molar-refractivity contribution in [3.8, 4) is 5.75 Å². The van der Waals surface area contributed by atoms with Gasteiger partial charge < -0.3 is 10.1 Å². The van der Waals surface area contributed by atoms with Gasteiger partial charge in [-0.1, -0.05) is 15.9 Å². The maximum Gasteiger partial charge on any atom is 0.272 e. The number of nitrogens with one attached hydrogen (secondary N) is 2. The second-order valence-electron chi connectivity index (χ2n) is 4.78. The van der Waals surface area contributed by atoms with Crippen molar-refractivity contribution >= 4 is 21.8 Å². The van der Waals surface area contributed by atoms with Gasteiger partial charge in [-0.2, -0.15) is 5.10 Å². The van der Waals surface area contributed by atoms with E-state index in [0.717, 1.165) is 27.9 Å². The number of aromatic amines is 1. The summed E-state index contributed by atoms with van der Waals surface area (Å²) in [5, 5.41) is 9.76. The van der Waals surface area contributed by atoms with E-state index in [9.17, 15) is 4.79 Å². The van der Waals surface area contributed by atoms with E-state index in [2.05, 4.69) is 31.4 Å². The van der Waals surface area contributed by atoms with Gasteiger partial charge in [-0.05, 0) is 31.2 Å². The number of H-pyrrole nitrogens is 1. The average Bonchev–Trinajstić information content (AvgIpc) is 2.86. The molecule has 0 saturated heterocycles. The van der Waals surface area contributed by atoms with Gasteiger partial charge in [0.1, 0.15) is 11.4 Å². The maximum atomic E-state index is 12.2. The molecule has 1 aromatic heterocycles. The van der Waals surface area contributed by atoms with E-state index in [4.69, 9.17) is 4.74 Å². The van der Waals surface area contributed by atoms with E-state index in [1.165, 1.54) is 0 Å². The summed E-state index contributed by atoms with van der Waals surface area (Å²) in [4.78, 5) is 12.2. The lowest BCUT2D eigenvalue weighted by atomic mass is 10.0. The number of nitrogens with zero attached hydrogens (tertiary/aromatic N) is 1. The molecule has 0 fully saturated rings. The van der Waals surface area contributed by atoms with Crippen LogP contribution >= 0.6 is 15.9 Å². The lowest BCUT2D eigenvalue weighted by Gasteiger charge is -2.26. The smallest absolute Gasteiger partial charge is 0.272 e. The van der Waals surface area contributed by atoms with Crippen molar-refractivity contribution in [3.05, 3.63) is 45.7 Å². The van der Waals surface area contributed by atoms with Gasteiger partial charge in [-0.25, -0.2) is 0 Å². The third-order valence-corrected chi connectivity index (χ3v) is 3.75. The van der Waals surface area contributed by atoms with Crippen molar-refractivity contribution in [2.75, 3.05) is 6.61 Å². The third kappa shape index (κ3) is 2.56. The van der Waals surface area contributed by atoms with Crippen molar-refractivity contribution in [2.24, 2.45) is 0 Å². The molecule has 1 atom stereocenters. The molecular formula is C14H14BrN3O2. The molecule has 1 aliphatic heterocycles. The zero-order valence-electron chi connectivity index (χ0n) is 10.9. The van der Waals surface area contributed by atoms with Crippen molar-refractivity contribution in [3.63, 3.8) is 0 Å². The van der Waals surface area contributed by atoms with Crippen LogP contribution in [-0.2, 0) is 0 Å². The highest BCUT2D eigenvalue weighted by Crippen LogP contribution is 2.34. The normalized spacial score (nSPS) is 17.2. The highest BCUT2D eigenvalue weighted by atomic mass is 79.9. The Hall–Kier alpha value is -1.82. The summed E-state index contributed by atoms with van der Waals surface area (Å²) >= 11 is 3.45. The number of fused-ring (bicyclic) bond motifs is 1. The van der Waals surface area contributed by atoms with Crippen LogP contribution in [0.3, 0.4) is 0 Å². The van der Waals surface area contributed by atoms with Gasteiger partial charge in [0.05, 0.1) is 12.6 Å². The number of amides is 1. The third-order valence-electron chi connectivity index (χ3n) is 3.26. The summed E-state index contributed by atoms with van der Waals surface area (Å²) < 4.78 is 6.58. The summed E-state index contributed by atoms with van der Waals surface area (Å²) in [5.74, 6) is 0.648. The zero-order chi connectivity index (χ0) is 14.1. The van der Waals surface area contributed by atoms with E-state index < -0.39 is 0 Å². The Morgan fingerprint density at radius 1 is 1.50 bits per heavy atom. The number of carbonyl (C=O) groups excluding carboxylic acids is 1. The average molecular weight is 336 g/mol. The molecule has 0 bridgehead atoms. The molecule has 2 heterocycles. The lowest BCUT2D eigenvalue weighted by molar-refractivity contribution is 0.0919. The Kier molecular flexibility index (Phi) is 3.48. The summed E-state index contributed by atoms with van der Waals surface area (Å²) in [7, 11) is 0. The van der Waals surface area contributed by atoms with Crippen LogP contribution in [0, 0.1) is 6.92 Å². The Labute approximate surface area is 124 Å². The van der Waals surface area contributed by atoms with Crippen LogP contribution in [0.25, 0.3) is 0 Å². The fraction of sp³-hybridized carbons (Fsp3) is 0.286. The van der Waals surface area contributed by atoms with Gasteiger partial charge in [-0.15, -0.1) is 0 Å². The molecule has 0 aliphatic carbocycles. The highest BCUT2D eigenvalue weighted by molar-refractivity contribution is 9.10. The first-order valence-electron chi connectivity index (χ1n) is 6.38. The summed E-state index contributed by atoms with van der Waals surface area (Å²) in [6.45, 7) is 2.46. The van der Waals surface area contributed by atoms with Crippen LogP contribution in [0.4, 0.5) is 0 Å². The summed E-state index contributed by atoms with van der Waals surface area (Å²) in [6, 6.07) is 7.50. The molecule has 1 aliphatic rings. The van der Waals surface area contributed by atoms with Crippen LogP contribution in [0.1, 0.15) is 34.2 Å². The fourth-order valence-electron chi connectivity index (χ4n) is 2.28. The molecule has 1 aromatic carbocycles. The number of aromatic nitrogens is 2. The molecule has 0 unspecified atom stereocenters. The van der Waals surface area contributed by atoms with E-state index in [-0.39, 0.29) is 11.9 Å². The van der Waals surface area contributed by atoms with E-state index >= 15 is 0 Å². The molecule has 2 N–H and O–H groups in total. The lowest BCUT2D eigenvalue weighted by Crippen LogP contribution is -2.32. The van der Waals surface area contributed by atoms with Gasteiger partial charge >= 0.3 is 0 Å². The Morgan fingerprint density at radius 3 is 3.10 bits per heavy atom.